The van der Waals surface area contributed by atoms with Crippen LogP contribution in [0.25, 0.3) is 0 Å². The third kappa shape index (κ3) is 2.06. The van der Waals surface area contributed by atoms with Crippen molar-refractivity contribution >= 4 is 23.0 Å². The molecular formula is C21H11N3O8. The van der Waals surface area contributed by atoms with Crippen molar-refractivity contribution in [3.8, 4) is 0 Å². The molecule has 0 saturated carbocycles. The van der Waals surface area contributed by atoms with Crippen molar-refractivity contribution < 1.29 is 24.7 Å². The van der Waals surface area contributed by atoms with Gasteiger partial charge in [-0.05, 0) is 27.8 Å². The molecule has 2 bridgehead atoms. The fourth-order valence-corrected chi connectivity index (χ4v) is 5.22. The molecule has 11 nitrogen and oxygen atoms in total. The van der Waals surface area contributed by atoms with E-state index in [0.717, 1.165) is 6.07 Å². The number of carboxylic acids is 1. The molecule has 11 heteroatoms. The second-order valence-electron chi connectivity index (χ2n) is 7.49. The van der Waals surface area contributed by atoms with Crippen molar-refractivity contribution in [3.05, 3.63) is 118 Å². The van der Waals surface area contributed by atoms with Gasteiger partial charge in [-0.1, -0.05) is 48.5 Å². The first-order valence-electron chi connectivity index (χ1n) is 9.29. The number of nitrogens with zero attached hydrogens (tertiary/aromatic N) is 3. The summed E-state index contributed by atoms with van der Waals surface area (Å²) in [6.07, 6.45) is 0. The van der Waals surface area contributed by atoms with E-state index in [1.807, 2.05) is 0 Å². The van der Waals surface area contributed by atoms with E-state index in [1.54, 1.807) is 36.4 Å². The summed E-state index contributed by atoms with van der Waals surface area (Å²) in [5.41, 5.74) is -4.55. The van der Waals surface area contributed by atoms with Gasteiger partial charge < -0.3 is 5.11 Å². The zero-order valence-corrected chi connectivity index (χ0v) is 15.9. The fourth-order valence-electron chi connectivity index (χ4n) is 5.22. The Morgan fingerprint density at radius 1 is 0.781 bits per heavy atom. The summed E-state index contributed by atoms with van der Waals surface area (Å²) >= 11 is 0. The Morgan fingerprint density at radius 2 is 1.28 bits per heavy atom. The van der Waals surface area contributed by atoms with Gasteiger partial charge in [0.2, 0.25) is 0 Å². The first-order chi connectivity index (χ1) is 15.2. The Kier molecular flexibility index (Phi) is 3.72. The van der Waals surface area contributed by atoms with Crippen molar-refractivity contribution in [1.82, 2.24) is 0 Å². The molecule has 0 saturated heterocycles. The number of nitro benzene ring substituents is 3. The summed E-state index contributed by atoms with van der Waals surface area (Å²) in [7, 11) is 0. The van der Waals surface area contributed by atoms with Crippen LogP contribution in [0.1, 0.15) is 39.3 Å². The summed E-state index contributed by atoms with van der Waals surface area (Å²) in [5, 5.41) is 46.1. The number of carboxylic acid groups (broad SMARTS) is 1. The SMILES string of the molecule is O=C(O)C12c3ccccc3C(c3ccccc31)c1cc([N+](=O)[O-])c([N+](=O)[O-])c([N+](=O)[O-])c12. The summed E-state index contributed by atoms with van der Waals surface area (Å²) in [5.74, 6) is -2.22. The molecule has 158 valence electrons. The summed E-state index contributed by atoms with van der Waals surface area (Å²) in [6.45, 7) is 0. The lowest BCUT2D eigenvalue weighted by atomic mass is 9.52. The van der Waals surface area contributed by atoms with Crippen molar-refractivity contribution in [3.63, 3.8) is 0 Å². The molecule has 0 spiro atoms. The molecule has 0 radical (unpaired) electrons. The lowest BCUT2D eigenvalue weighted by Gasteiger charge is -2.47. The van der Waals surface area contributed by atoms with Gasteiger partial charge in [0.1, 0.15) is 0 Å². The molecule has 0 aliphatic heterocycles. The lowest BCUT2D eigenvalue weighted by molar-refractivity contribution is -0.441. The van der Waals surface area contributed by atoms with Crippen molar-refractivity contribution in [2.24, 2.45) is 0 Å². The molecule has 32 heavy (non-hydrogen) atoms. The van der Waals surface area contributed by atoms with Gasteiger partial charge in [0.15, 0.2) is 5.41 Å². The largest absolute Gasteiger partial charge is 0.480 e. The van der Waals surface area contributed by atoms with Crippen molar-refractivity contribution in [1.29, 1.82) is 0 Å². The van der Waals surface area contributed by atoms with Gasteiger partial charge in [0, 0.05) is 12.0 Å². The van der Waals surface area contributed by atoms with Crippen LogP contribution < -0.4 is 0 Å². The molecule has 3 aromatic rings. The standard InChI is InChI=1S/C21H11N3O8/c25-20(26)21-13-7-3-1-5-10(13)16(11-6-2-4-8-14(11)21)12-9-15(22(27)28)18(23(29)30)19(17(12)21)24(31)32/h1-9,16H,(H,25,26). The third-order valence-electron chi connectivity index (χ3n) is 6.20. The molecule has 3 aromatic carbocycles. The molecule has 0 heterocycles. The Hall–Kier alpha value is -4.67. The maximum Gasteiger partial charge on any atom is 0.422 e. The molecule has 0 unspecified atom stereocenters. The molecule has 1 N–H and O–H groups in total. The minimum absolute atomic E-state index is 0.00815. The number of nitro groups is 3. The van der Waals surface area contributed by atoms with Gasteiger partial charge >= 0.3 is 23.0 Å². The second kappa shape index (κ2) is 6.17. The molecule has 6 rings (SSSR count). The quantitative estimate of drug-likeness (QED) is 0.481. The third-order valence-corrected chi connectivity index (χ3v) is 6.20. The van der Waals surface area contributed by atoms with Gasteiger partial charge in [0.05, 0.1) is 20.3 Å². The van der Waals surface area contributed by atoms with E-state index in [-0.39, 0.29) is 16.7 Å². The van der Waals surface area contributed by atoms with Gasteiger partial charge in [-0.2, -0.15) is 0 Å². The highest BCUT2D eigenvalue weighted by atomic mass is 16.6. The number of benzene rings is 3. The molecule has 0 fully saturated rings. The van der Waals surface area contributed by atoms with Crippen LogP contribution in [-0.4, -0.2) is 25.8 Å². The maximum absolute atomic E-state index is 13.0. The minimum Gasteiger partial charge on any atom is -0.480 e. The summed E-state index contributed by atoms with van der Waals surface area (Å²) < 4.78 is 0. The van der Waals surface area contributed by atoms with Crippen LogP contribution >= 0.6 is 0 Å². The average Bonchev–Trinajstić information content (AvgIpc) is 2.76. The smallest absolute Gasteiger partial charge is 0.422 e. The van der Waals surface area contributed by atoms with E-state index in [9.17, 15) is 40.2 Å². The Bertz CT molecular complexity index is 1370. The maximum atomic E-state index is 13.0. The second-order valence-corrected chi connectivity index (χ2v) is 7.49. The monoisotopic (exact) mass is 433 g/mol. The van der Waals surface area contributed by atoms with Crippen LogP contribution in [0.4, 0.5) is 17.1 Å². The van der Waals surface area contributed by atoms with Crippen LogP contribution in [0.2, 0.25) is 0 Å². The summed E-state index contributed by atoms with van der Waals surface area (Å²) in [4.78, 5) is 45.2. The van der Waals surface area contributed by atoms with Crippen LogP contribution in [0.5, 0.6) is 0 Å². The number of hydrogen-bond acceptors (Lipinski definition) is 7. The first kappa shape index (κ1) is 19.3. The first-order valence-corrected chi connectivity index (χ1v) is 9.29. The van der Waals surface area contributed by atoms with Crippen LogP contribution in [0.15, 0.2) is 54.6 Å². The Balaban J connectivity index is 2.10. The van der Waals surface area contributed by atoms with Gasteiger partial charge in [-0.3, -0.25) is 35.1 Å². The fraction of sp³-hybridized carbons (Fsp3) is 0.0952. The van der Waals surface area contributed by atoms with E-state index in [0.29, 0.717) is 11.1 Å². The zero-order chi connectivity index (χ0) is 22.9. The normalized spacial score (nSPS) is 19.4. The Labute approximate surface area is 178 Å². The Morgan fingerprint density at radius 3 is 1.72 bits per heavy atom. The number of hydrogen-bond donors (Lipinski definition) is 1. The number of carbonyl (C=O) groups is 1. The zero-order valence-electron chi connectivity index (χ0n) is 15.9. The van der Waals surface area contributed by atoms with Crippen molar-refractivity contribution in [2.45, 2.75) is 11.3 Å². The number of rotatable bonds is 4. The van der Waals surface area contributed by atoms with E-state index >= 15 is 0 Å². The predicted molar refractivity (Wildman–Crippen MR) is 108 cm³/mol. The van der Waals surface area contributed by atoms with E-state index in [4.69, 9.17) is 0 Å². The summed E-state index contributed by atoms with van der Waals surface area (Å²) in [6, 6.07) is 13.8. The van der Waals surface area contributed by atoms with Crippen LogP contribution in [0.3, 0.4) is 0 Å². The molecule has 0 atom stereocenters. The minimum atomic E-state index is -2.14. The van der Waals surface area contributed by atoms with Crippen LogP contribution in [0, 0.1) is 30.3 Å². The van der Waals surface area contributed by atoms with E-state index in [1.165, 1.54) is 12.1 Å². The molecule has 0 aromatic heterocycles. The molecule has 3 aliphatic carbocycles. The predicted octanol–water partition coefficient (Wildman–Crippen LogP) is 3.64. The highest BCUT2D eigenvalue weighted by Gasteiger charge is 2.62. The van der Waals surface area contributed by atoms with Gasteiger partial charge in [-0.25, -0.2) is 0 Å². The highest BCUT2D eigenvalue weighted by molar-refractivity contribution is 5.99. The van der Waals surface area contributed by atoms with E-state index < -0.39 is 54.7 Å². The van der Waals surface area contributed by atoms with Gasteiger partial charge in [-0.15, -0.1) is 0 Å². The lowest BCUT2D eigenvalue weighted by Crippen LogP contribution is -2.48. The topological polar surface area (TPSA) is 167 Å². The highest BCUT2D eigenvalue weighted by Crippen LogP contribution is 2.63. The molecule has 0 amide bonds. The van der Waals surface area contributed by atoms with Crippen LogP contribution in [-0.2, 0) is 10.2 Å². The average molecular weight is 433 g/mol. The number of aliphatic carboxylic acids is 1. The van der Waals surface area contributed by atoms with Gasteiger partial charge in [0.25, 0.3) is 0 Å². The van der Waals surface area contributed by atoms with Crippen molar-refractivity contribution in [2.75, 3.05) is 0 Å². The molecule has 3 aliphatic rings. The molecular weight excluding hydrogens is 422 g/mol. The van der Waals surface area contributed by atoms with E-state index in [2.05, 4.69) is 0 Å².